The Morgan fingerprint density at radius 1 is 1.06 bits per heavy atom. The molecule has 3 heterocycles. The average Bonchev–Trinajstić information content (AvgIpc) is 3.47. The van der Waals surface area contributed by atoms with Crippen molar-refractivity contribution in [2.24, 2.45) is 5.10 Å². The van der Waals surface area contributed by atoms with Gasteiger partial charge in [-0.05, 0) is 43.7 Å². The van der Waals surface area contributed by atoms with Crippen LogP contribution in [0.5, 0.6) is 0 Å². The maximum absolute atomic E-state index is 13.4. The van der Waals surface area contributed by atoms with Crippen molar-refractivity contribution in [3.8, 4) is 0 Å². The van der Waals surface area contributed by atoms with Crippen molar-refractivity contribution < 1.29 is 9.21 Å². The highest BCUT2D eigenvalue weighted by molar-refractivity contribution is 6.03. The number of amides is 1. The molecule has 4 aromatic rings. The number of para-hydroxylation sites is 1. The highest BCUT2D eigenvalue weighted by Crippen LogP contribution is 2.33. The highest BCUT2D eigenvalue weighted by atomic mass is 16.3. The molecule has 0 N–H and O–H groups in total. The van der Waals surface area contributed by atoms with Crippen molar-refractivity contribution in [1.29, 1.82) is 0 Å². The minimum Gasteiger partial charge on any atom is -0.467 e. The summed E-state index contributed by atoms with van der Waals surface area (Å²) >= 11 is 0. The minimum atomic E-state index is -0.363. The molecule has 32 heavy (non-hydrogen) atoms. The maximum atomic E-state index is 13.4. The largest absolute Gasteiger partial charge is 0.467 e. The second-order valence-corrected chi connectivity index (χ2v) is 7.95. The number of carbonyl (C=O) groups is 1. The molecule has 2 aromatic heterocycles. The Morgan fingerprint density at radius 3 is 2.59 bits per heavy atom. The third-order valence-electron chi connectivity index (χ3n) is 5.77. The average molecular weight is 426 g/mol. The summed E-state index contributed by atoms with van der Waals surface area (Å²) in [4.78, 5) is 30.9. The molecule has 0 spiro atoms. The zero-order valence-corrected chi connectivity index (χ0v) is 17.9. The minimum absolute atomic E-state index is 0.148. The van der Waals surface area contributed by atoms with E-state index in [1.54, 1.807) is 37.5 Å². The van der Waals surface area contributed by atoms with Gasteiger partial charge in [-0.15, -0.1) is 0 Å². The first-order chi connectivity index (χ1) is 15.5. The van der Waals surface area contributed by atoms with E-state index in [2.05, 4.69) is 10.1 Å². The van der Waals surface area contributed by atoms with Crippen LogP contribution in [-0.4, -0.2) is 26.2 Å². The van der Waals surface area contributed by atoms with E-state index >= 15 is 0 Å². The molecular formula is C25H22N4O3. The van der Waals surface area contributed by atoms with Crippen molar-refractivity contribution in [1.82, 2.24) is 14.6 Å². The molecule has 0 saturated heterocycles. The van der Waals surface area contributed by atoms with E-state index in [1.165, 1.54) is 9.58 Å². The molecule has 1 atom stereocenters. The third kappa shape index (κ3) is 3.51. The summed E-state index contributed by atoms with van der Waals surface area (Å²) < 4.78 is 7.01. The Morgan fingerprint density at radius 2 is 1.84 bits per heavy atom. The fraction of sp³-hybridized carbons (Fsp3) is 0.200. The van der Waals surface area contributed by atoms with Crippen LogP contribution in [0.1, 0.15) is 35.2 Å². The first-order valence-corrected chi connectivity index (χ1v) is 10.5. The van der Waals surface area contributed by atoms with Gasteiger partial charge in [0.15, 0.2) is 0 Å². The Balaban J connectivity index is 1.51. The molecule has 0 aliphatic carbocycles. The van der Waals surface area contributed by atoms with Gasteiger partial charge in [-0.3, -0.25) is 14.2 Å². The van der Waals surface area contributed by atoms with Crippen LogP contribution in [0, 0.1) is 13.8 Å². The van der Waals surface area contributed by atoms with Crippen LogP contribution >= 0.6 is 0 Å². The smallest absolute Gasteiger partial charge is 0.263 e. The molecule has 0 fully saturated rings. The van der Waals surface area contributed by atoms with Crippen LogP contribution in [0.4, 0.5) is 0 Å². The van der Waals surface area contributed by atoms with Crippen molar-refractivity contribution in [3.63, 3.8) is 0 Å². The van der Waals surface area contributed by atoms with Crippen LogP contribution in [0.15, 0.2) is 81.2 Å². The number of benzene rings is 2. The molecule has 1 aliphatic heterocycles. The molecule has 1 aliphatic rings. The molecule has 160 valence electrons. The second-order valence-electron chi connectivity index (χ2n) is 7.95. The SMILES string of the molecule is Cc1ccc(C2=NN(C(=O)Cn3c(C)nc4ccccc4c3=O)C(c3ccco3)C2)cc1. The highest BCUT2D eigenvalue weighted by Gasteiger charge is 2.35. The number of hydrazone groups is 1. The molecule has 0 saturated carbocycles. The number of carbonyl (C=O) groups excluding carboxylic acids is 1. The van der Waals surface area contributed by atoms with Gasteiger partial charge in [-0.25, -0.2) is 9.99 Å². The zero-order chi connectivity index (χ0) is 22.2. The van der Waals surface area contributed by atoms with Gasteiger partial charge in [-0.1, -0.05) is 42.0 Å². The fourth-order valence-corrected chi connectivity index (χ4v) is 4.04. The van der Waals surface area contributed by atoms with Crippen LogP contribution < -0.4 is 5.56 Å². The van der Waals surface area contributed by atoms with Gasteiger partial charge in [0.25, 0.3) is 11.5 Å². The van der Waals surface area contributed by atoms with Gasteiger partial charge in [0.1, 0.15) is 24.2 Å². The van der Waals surface area contributed by atoms with E-state index < -0.39 is 0 Å². The lowest BCUT2D eigenvalue weighted by Crippen LogP contribution is -2.35. The van der Waals surface area contributed by atoms with Crippen LogP contribution in [0.25, 0.3) is 10.9 Å². The molecule has 1 unspecified atom stereocenters. The summed E-state index contributed by atoms with van der Waals surface area (Å²) in [7, 11) is 0. The molecule has 7 heteroatoms. The number of fused-ring (bicyclic) bond motifs is 1. The van der Waals surface area contributed by atoms with Crippen molar-refractivity contribution in [2.75, 3.05) is 0 Å². The molecule has 1 amide bonds. The molecule has 7 nitrogen and oxygen atoms in total. The topological polar surface area (TPSA) is 80.7 Å². The van der Waals surface area contributed by atoms with E-state index in [0.29, 0.717) is 28.9 Å². The van der Waals surface area contributed by atoms with Gasteiger partial charge in [0.2, 0.25) is 0 Å². The van der Waals surface area contributed by atoms with Gasteiger partial charge < -0.3 is 4.42 Å². The summed E-state index contributed by atoms with van der Waals surface area (Å²) in [5.41, 5.74) is 3.30. The van der Waals surface area contributed by atoms with E-state index in [4.69, 9.17) is 4.42 Å². The summed E-state index contributed by atoms with van der Waals surface area (Å²) in [6.45, 7) is 3.61. The maximum Gasteiger partial charge on any atom is 0.263 e. The number of hydrogen-bond acceptors (Lipinski definition) is 5. The zero-order valence-electron chi connectivity index (χ0n) is 17.9. The van der Waals surface area contributed by atoms with E-state index in [-0.39, 0.29) is 24.1 Å². The lowest BCUT2D eigenvalue weighted by Gasteiger charge is -2.21. The van der Waals surface area contributed by atoms with Gasteiger partial charge in [0, 0.05) is 6.42 Å². The normalized spacial score (nSPS) is 15.9. The lowest BCUT2D eigenvalue weighted by molar-refractivity contribution is -0.134. The summed E-state index contributed by atoms with van der Waals surface area (Å²) in [5.74, 6) is 0.847. The van der Waals surface area contributed by atoms with E-state index in [0.717, 1.165) is 16.8 Å². The van der Waals surface area contributed by atoms with Gasteiger partial charge >= 0.3 is 0 Å². The van der Waals surface area contributed by atoms with Crippen molar-refractivity contribution >= 4 is 22.5 Å². The summed E-state index contributed by atoms with van der Waals surface area (Å²) in [6, 6.07) is 18.5. The Bertz CT molecular complexity index is 1390. The predicted octanol–water partition coefficient (Wildman–Crippen LogP) is 3.98. The molecule has 0 bridgehead atoms. The van der Waals surface area contributed by atoms with Crippen LogP contribution in [-0.2, 0) is 11.3 Å². The predicted molar refractivity (Wildman–Crippen MR) is 121 cm³/mol. The Hall–Kier alpha value is -4.00. The first-order valence-electron chi connectivity index (χ1n) is 10.5. The van der Waals surface area contributed by atoms with E-state index in [1.807, 2.05) is 43.3 Å². The van der Waals surface area contributed by atoms with Crippen LogP contribution in [0.2, 0.25) is 0 Å². The number of aryl methyl sites for hydroxylation is 2. The monoisotopic (exact) mass is 426 g/mol. The summed E-state index contributed by atoms with van der Waals surface area (Å²) in [6.07, 6.45) is 2.12. The molecule has 5 rings (SSSR count). The molecule has 0 radical (unpaired) electrons. The molecule has 2 aromatic carbocycles. The third-order valence-corrected chi connectivity index (χ3v) is 5.77. The fourth-order valence-electron chi connectivity index (χ4n) is 4.04. The van der Waals surface area contributed by atoms with Gasteiger partial charge in [-0.2, -0.15) is 5.10 Å². The quantitative estimate of drug-likeness (QED) is 0.494. The van der Waals surface area contributed by atoms with Gasteiger partial charge in [0.05, 0.1) is 22.9 Å². The number of rotatable bonds is 4. The van der Waals surface area contributed by atoms with Crippen molar-refractivity contribution in [2.45, 2.75) is 32.9 Å². The number of furan rings is 1. The van der Waals surface area contributed by atoms with E-state index in [9.17, 15) is 9.59 Å². The second kappa shape index (κ2) is 7.92. The van der Waals surface area contributed by atoms with Crippen LogP contribution in [0.3, 0.4) is 0 Å². The lowest BCUT2D eigenvalue weighted by atomic mass is 10.0. The molecular weight excluding hydrogens is 404 g/mol. The van der Waals surface area contributed by atoms with Crippen molar-refractivity contribution in [3.05, 3.63) is 100.0 Å². The Labute approximate surface area is 184 Å². The number of aromatic nitrogens is 2. The first kappa shape index (κ1) is 19.9. The summed E-state index contributed by atoms with van der Waals surface area (Å²) in [5, 5.41) is 6.57. The Kier molecular flexibility index (Phi) is 4.93. The number of hydrogen-bond donors (Lipinski definition) is 0. The number of nitrogens with zero attached hydrogens (tertiary/aromatic N) is 4. The standard InChI is InChI=1S/C25H22N4O3/c1-16-9-11-18(12-10-16)21-14-22(23-8-5-13-32-23)29(27-21)24(30)15-28-17(2)26-20-7-4-3-6-19(20)25(28)31/h3-13,22H,14-15H2,1-2H3.